The van der Waals surface area contributed by atoms with Crippen molar-refractivity contribution in [3.05, 3.63) is 18.2 Å². The molecular formula is C9H14N2O2S2. The molecule has 0 radical (unpaired) electrons. The number of hydrogen-bond donors (Lipinski definition) is 1. The highest BCUT2D eigenvalue weighted by Gasteiger charge is 2.03. The largest absolute Gasteiger partial charge is 0.373 e. The topological polar surface area (TPSA) is 59.1 Å². The molecule has 0 bridgehead atoms. The SMILES string of the molecule is CNc1cccc(SCCS(C)(=O)=O)n1. The minimum Gasteiger partial charge on any atom is -0.373 e. The summed E-state index contributed by atoms with van der Waals surface area (Å²) in [4.78, 5) is 4.27. The van der Waals surface area contributed by atoms with Gasteiger partial charge in [-0.05, 0) is 12.1 Å². The number of thioether (sulfide) groups is 1. The Kier molecular flexibility index (Phi) is 4.41. The van der Waals surface area contributed by atoms with Crippen LogP contribution in [0.3, 0.4) is 0 Å². The summed E-state index contributed by atoms with van der Waals surface area (Å²) in [6, 6.07) is 5.62. The van der Waals surface area contributed by atoms with Gasteiger partial charge in [0.2, 0.25) is 0 Å². The maximum absolute atomic E-state index is 10.9. The van der Waals surface area contributed by atoms with Crippen LogP contribution in [0.4, 0.5) is 5.82 Å². The van der Waals surface area contributed by atoms with E-state index in [0.29, 0.717) is 5.75 Å². The van der Waals surface area contributed by atoms with E-state index >= 15 is 0 Å². The van der Waals surface area contributed by atoms with E-state index in [1.165, 1.54) is 18.0 Å². The molecule has 15 heavy (non-hydrogen) atoms. The Morgan fingerprint density at radius 2 is 2.20 bits per heavy atom. The summed E-state index contributed by atoms with van der Waals surface area (Å²) < 4.78 is 21.8. The van der Waals surface area contributed by atoms with E-state index in [0.717, 1.165) is 10.8 Å². The minimum absolute atomic E-state index is 0.184. The molecule has 0 unspecified atom stereocenters. The van der Waals surface area contributed by atoms with Crippen LogP contribution in [-0.2, 0) is 9.84 Å². The van der Waals surface area contributed by atoms with Gasteiger partial charge in [-0.2, -0.15) is 0 Å². The number of nitrogens with one attached hydrogen (secondary N) is 1. The fourth-order valence-corrected chi connectivity index (χ4v) is 3.02. The molecule has 0 amide bonds. The van der Waals surface area contributed by atoms with E-state index in [4.69, 9.17) is 0 Å². The average molecular weight is 246 g/mol. The molecule has 0 fully saturated rings. The van der Waals surface area contributed by atoms with Crippen molar-refractivity contribution in [3.8, 4) is 0 Å². The first-order valence-electron chi connectivity index (χ1n) is 4.46. The van der Waals surface area contributed by atoms with Gasteiger partial charge in [0, 0.05) is 19.1 Å². The molecule has 0 spiro atoms. The molecule has 0 aliphatic carbocycles. The van der Waals surface area contributed by atoms with E-state index in [1.807, 2.05) is 18.2 Å². The summed E-state index contributed by atoms with van der Waals surface area (Å²) in [6.45, 7) is 0. The van der Waals surface area contributed by atoms with E-state index in [9.17, 15) is 8.42 Å². The molecule has 0 saturated carbocycles. The Balaban J connectivity index is 2.51. The summed E-state index contributed by atoms with van der Waals surface area (Å²) in [5.74, 6) is 1.52. The highest BCUT2D eigenvalue weighted by atomic mass is 32.2. The Labute approximate surface area is 94.4 Å². The number of hydrogen-bond acceptors (Lipinski definition) is 5. The lowest BCUT2D eigenvalue weighted by Gasteiger charge is -2.02. The number of anilines is 1. The molecule has 0 atom stereocenters. The van der Waals surface area contributed by atoms with E-state index in [1.54, 1.807) is 7.05 Å². The smallest absolute Gasteiger partial charge is 0.148 e. The standard InChI is InChI=1S/C9H14N2O2S2/c1-10-8-4-3-5-9(11-8)14-6-7-15(2,12)13/h3-5H,6-7H2,1-2H3,(H,10,11). The second-order valence-corrected chi connectivity index (χ2v) is 6.46. The Morgan fingerprint density at radius 3 is 2.80 bits per heavy atom. The van der Waals surface area contributed by atoms with Crippen LogP contribution in [0.25, 0.3) is 0 Å². The number of aromatic nitrogens is 1. The lowest BCUT2D eigenvalue weighted by molar-refractivity contribution is 0.603. The van der Waals surface area contributed by atoms with Crippen LogP contribution in [0, 0.1) is 0 Å². The van der Waals surface area contributed by atoms with Crippen molar-refractivity contribution in [1.29, 1.82) is 0 Å². The first-order valence-corrected chi connectivity index (χ1v) is 7.51. The van der Waals surface area contributed by atoms with E-state index in [-0.39, 0.29) is 5.75 Å². The molecule has 1 heterocycles. The third-order valence-corrected chi connectivity index (χ3v) is 3.82. The number of rotatable bonds is 5. The lowest BCUT2D eigenvalue weighted by atomic mass is 10.5. The van der Waals surface area contributed by atoms with Gasteiger partial charge >= 0.3 is 0 Å². The fourth-order valence-electron chi connectivity index (χ4n) is 0.932. The Bertz CT molecular complexity index is 418. The maximum Gasteiger partial charge on any atom is 0.148 e. The number of sulfone groups is 1. The summed E-state index contributed by atoms with van der Waals surface area (Å²) in [6.07, 6.45) is 1.24. The molecule has 1 N–H and O–H groups in total. The van der Waals surface area contributed by atoms with Crippen LogP contribution in [0.2, 0.25) is 0 Å². The molecule has 0 aromatic carbocycles. The molecule has 4 nitrogen and oxygen atoms in total. The Morgan fingerprint density at radius 1 is 1.47 bits per heavy atom. The average Bonchev–Trinajstić information content (AvgIpc) is 2.16. The van der Waals surface area contributed by atoms with Gasteiger partial charge in [-0.3, -0.25) is 0 Å². The molecule has 1 rings (SSSR count). The van der Waals surface area contributed by atoms with Crippen molar-refractivity contribution in [2.45, 2.75) is 5.03 Å². The van der Waals surface area contributed by atoms with Gasteiger partial charge in [0.05, 0.1) is 10.8 Å². The number of nitrogens with zero attached hydrogens (tertiary/aromatic N) is 1. The van der Waals surface area contributed by atoms with Crippen molar-refractivity contribution in [2.75, 3.05) is 30.1 Å². The monoisotopic (exact) mass is 246 g/mol. The molecule has 6 heteroatoms. The summed E-state index contributed by atoms with van der Waals surface area (Å²) >= 11 is 1.45. The van der Waals surface area contributed by atoms with Crippen LogP contribution in [0.5, 0.6) is 0 Å². The highest BCUT2D eigenvalue weighted by Crippen LogP contribution is 2.17. The van der Waals surface area contributed by atoms with Crippen LogP contribution in [0.15, 0.2) is 23.2 Å². The van der Waals surface area contributed by atoms with Gasteiger partial charge < -0.3 is 5.32 Å². The molecule has 1 aromatic rings. The van der Waals surface area contributed by atoms with Crippen molar-refractivity contribution < 1.29 is 8.42 Å². The van der Waals surface area contributed by atoms with E-state index in [2.05, 4.69) is 10.3 Å². The van der Waals surface area contributed by atoms with Crippen LogP contribution in [-0.4, -0.2) is 38.2 Å². The van der Waals surface area contributed by atoms with Gasteiger partial charge in [-0.25, -0.2) is 13.4 Å². The van der Waals surface area contributed by atoms with Gasteiger partial charge in [-0.15, -0.1) is 11.8 Å². The van der Waals surface area contributed by atoms with Crippen LogP contribution in [0.1, 0.15) is 0 Å². The van der Waals surface area contributed by atoms with Gasteiger partial charge in [0.25, 0.3) is 0 Å². The molecule has 1 aromatic heterocycles. The van der Waals surface area contributed by atoms with Crippen LogP contribution < -0.4 is 5.32 Å². The van der Waals surface area contributed by atoms with Crippen molar-refractivity contribution in [2.24, 2.45) is 0 Å². The normalized spacial score (nSPS) is 11.3. The van der Waals surface area contributed by atoms with Gasteiger partial charge in [0.15, 0.2) is 0 Å². The second-order valence-electron chi connectivity index (χ2n) is 3.09. The maximum atomic E-state index is 10.9. The zero-order valence-corrected chi connectivity index (χ0v) is 10.4. The first kappa shape index (κ1) is 12.3. The third-order valence-electron chi connectivity index (χ3n) is 1.68. The van der Waals surface area contributed by atoms with Gasteiger partial charge in [0.1, 0.15) is 15.7 Å². The summed E-state index contributed by atoms with van der Waals surface area (Å²) in [7, 11) is -1.08. The van der Waals surface area contributed by atoms with Crippen molar-refractivity contribution in [3.63, 3.8) is 0 Å². The molecule has 0 aliphatic heterocycles. The third kappa shape index (κ3) is 5.03. The quantitative estimate of drug-likeness (QED) is 0.793. The van der Waals surface area contributed by atoms with Crippen molar-refractivity contribution in [1.82, 2.24) is 4.98 Å². The second kappa shape index (κ2) is 5.37. The number of pyridine rings is 1. The summed E-state index contributed by atoms with van der Waals surface area (Å²) in [5, 5.41) is 3.77. The van der Waals surface area contributed by atoms with Crippen molar-refractivity contribution >= 4 is 27.4 Å². The zero-order chi connectivity index (χ0) is 11.3. The molecule has 84 valence electrons. The summed E-state index contributed by atoms with van der Waals surface area (Å²) in [5.41, 5.74) is 0. The van der Waals surface area contributed by atoms with E-state index < -0.39 is 9.84 Å². The Hall–Kier alpha value is -0.750. The molecule has 0 saturated heterocycles. The van der Waals surface area contributed by atoms with Crippen LogP contribution >= 0.6 is 11.8 Å². The first-order chi connectivity index (χ1) is 7.01. The van der Waals surface area contributed by atoms with Gasteiger partial charge in [-0.1, -0.05) is 6.07 Å². The molecule has 0 aliphatic rings. The lowest BCUT2D eigenvalue weighted by Crippen LogP contribution is -2.05. The molecular weight excluding hydrogens is 232 g/mol. The zero-order valence-electron chi connectivity index (χ0n) is 8.73. The fraction of sp³-hybridized carbons (Fsp3) is 0.444. The highest BCUT2D eigenvalue weighted by molar-refractivity contribution is 8.00. The minimum atomic E-state index is -2.87. The predicted molar refractivity (Wildman–Crippen MR) is 64.2 cm³/mol. The predicted octanol–water partition coefficient (Wildman–Crippen LogP) is 1.26.